The molecular formula is C14H32OSn. The molecule has 0 aromatic rings. The second-order valence-corrected chi connectivity index (χ2v) is 17.8. The molecule has 0 aliphatic rings. The van der Waals surface area contributed by atoms with Gasteiger partial charge in [-0.3, -0.25) is 0 Å². The molecule has 0 heterocycles. The fourth-order valence-corrected chi connectivity index (χ4v) is 7.44. The minimum absolute atomic E-state index is 1.02. The van der Waals surface area contributed by atoms with Gasteiger partial charge in [0.1, 0.15) is 0 Å². The molecular weight excluding hydrogens is 303 g/mol. The van der Waals surface area contributed by atoms with Crippen molar-refractivity contribution in [2.24, 2.45) is 0 Å². The fourth-order valence-electron chi connectivity index (χ4n) is 1.90. The van der Waals surface area contributed by atoms with Crippen molar-refractivity contribution >= 4 is 18.8 Å². The Hall–Kier alpha value is 0.759. The van der Waals surface area contributed by atoms with Crippen molar-refractivity contribution in [1.29, 1.82) is 0 Å². The van der Waals surface area contributed by atoms with Crippen LogP contribution in [-0.4, -0.2) is 25.4 Å². The molecule has 0 spiro atoms. The molecule has 1 nitrogen and oxygen atoms in total. The van der Waals surface area contributed by atoms with Crippen LogP contribution in [0, 0.1) is 0 Å². The number of rotatable bonds is 11. The molecule has 0 aliphatic heterocycles. The number of hydrogen-bond acceptors (Lipinski definition) is 1. The van der Waals surface area contributed by atoms with E-state index < -0.39 is 18.8 Å². The van der Waals surface area contributed by atoms with Crippen LogP contribution in [0.2, 0.25) is 14.3 Å². The van der Waals surface area contributed by atoms with Crippen LogP contribution in [0.25, 0.3) is 0 Å². The summed E-state index contributed by atoms with van der Waals surface area (Å²) >= 11 is -2.03. The predicted molar refractivity (Wildman–Crippen MR) is 76.5 cm³/mol. The summed E-state index contributed by atoms with van der Waals surface area (Å²) in [6.07, 6.45) is 11.0. The van der Waals surface area contributed by atoms with E-state index in [0.29, 0.717) is 0 Å². The molecule has 0 saturated carbocycles. The molecule has 0 N–H and O–H groups in total. The van der Waals surface area contributed by atoms with Gasteiger partial charge >= 0.3 is 108 Å². The normalized spacial score (nSPS) is 12.0. The maximum absolute atomic E-state index is 6.11. The Morgan fingerprint density at radius 2 is 1.31 bits per heavy atom. The van der Waals surface area contributed by atoms with Crippen molar-refractivity contribution in [2.75, 3.05) is 6.61 Å². The number of hydrogen-bond donors (Lipinski definition) is 0. The monoisotopic (exact) mass is 336 g/mol. The Morgan fingerprint density at radius 3 is 1.94 bits per heavy atom. The van der Waals surface area contributed by atoms with E-state index in [0.717, 1.165) is 6.61 Å². The SMILES string of the molecule is CCCCCCC[CH2][Sn]([CH3])([CH3])[O]CCCC. The topological polar surface area (TPSA) is 9.23 Å². The van der Waals surface area contributed by atoms with E-state index in [-0.39, 0.29) is 0 Å². The minimum atomic E-state index is -2.03. The zero-order valence-corrected chi connectivity index (χ0v) is 14.8. The van der Waals surface area contributed by atoms with E-state index in [4.69, 9.17) is 3.07 Å². The van der Waals surface area contributed by atoms with Gasteiger partial charge in [-0.15, -0.1) is 0 Å². The molecule has 0 bridgehead atoms. The van der Waals surface area contributed by atoms with Gasteiger partial charge < -0.3 is 0 Å². The van der Waals surface area contributed by atoms with Gasteiger partial charge in [0.15, 0.2) is 0 Å². The standard InChI is InChI=1S/C8H17.C4H9O.2CH3.Sn/c1-3-5-7-8-6-4-2;1-2-3-4-5;;;/h1,3-8H2,2H3;2-4H2,1H3;2*1H3;/q;-1;;;+1. The van der Waals surface area contributed by atoms with Gasteiger partial charge in [-0.25, -0.2) is 0 Å². The molecule has 0 amide bonds. The average Bonchev–Trinajstić information content (AvgIpc) is 2.23. The van der Waals surface area contributed by atoms with Gasteiger partial charge in [0.25, 0.3) is 0 Å². The summed E-state index contributed by atoms with van der Waals surface area (Å²) in [5, 5.41) is 0. The summed E-state index contributed by atoms with van der Waals surface area (Å²) in [5.74, 6) is 0. The summed E-state index contributed by atoms with van der Waals surface area (Å²) in [7, 11) is 0. The van der Waals surface area contributed by atoms with Crippen LogP contribution in [0.15, 0.2) is 0 Å². The van der Waals surface area contributed by atoms with E-state index in [1.54, 1.807) is 0 Å². The second-order valence-electron chi connectivity index (χ2n) is 5.48. The fraction of sp³-hybridized carbons (Fsp3) is 1.00. The van der Waals surface area contributed by atoms with Crippen LogP contribution in [-0.2, 0) is 3.07 Å². The molecule has 98 valence electrons. The summed E-state index contributed by atoms with van der Waals surface area (Å²) in [6, 6.07) is 0. The van der Waals surface area contributed by atoms with E-state index >= 15 is 0 Å². The maximum atomic E-state index is 6.11. The van der Waals surface area contributed by atoms with Crippen molar-refractivity contribution in [3.63, 3.8) is 0 Å². The third-order valence-corrected chi connectivity index (χ3v) is 10.4. The third-order valence-electron chi connectivity index (χ3n) is 3.12. The van der Waals surface area contributed by atoms with Crippen LogP contribution in [0.1, 0.15) is 65.2 Å². The predicted octanol–water partition coefficient (Wildman–Crippen LogP) is 5.37. The van der Waals surface area contributed by atoms with Gasteiger partial charge in [-0.05, 0) is 0 Å². The van der Waals surface area contributed by atoms with Crippen LogP contribution < -0.4 is 0 Å². The molecule has 0 unspecified atom stereocenters. The Kier molecular flexibility index (Phi) is 11.4. The molecule has 0 atom stereocenters. The van der Waals surface area contributed by atoms with E-state index in [1.807, 2.05) is 0 Å². The van der Waals surface area contributed by atoms with Gasteiger partial charge in [-0.2, -0.15) is 0 Å². The molecule has 0 rings (SSSR count). The summed E-state index contributed by atoms with van der Waals surface area (Å²) in [5.41, 5.74) is 0. The van der Waals surface area contributed by atoms with Crippen LogP contribution in [0.3, 0.4) is 0 Å². The second kappa shape index (κ2) is 10.9. The van der Waals surface area contributed by atoms with Crippen LogP contribution >= 0.6 is 0 Å². The summed E-state index contributed by atoms with van der Waals surface area (Å²) in [4.78, 5) is 4.88. The first-order chi connectivity index (χ1) is 7.62. The quantitative estimate of drug-likeness (QED) is 0.364. The van der Waals surface area contributed by atoms with Gasteiger partial charge in [0.05, 0.1) is 0 Å². The van der Waals surface area contributed by atoms with Crippen LogP contribution in [0.4, 0.5) is 0 Å². The van der Waals surface area contributed by atoms with Crippen molar-refractivity contribution in [1.82, 2.24) is 0 Å². The molecule has 0 radical (unpaired) electrons. The Morgan fingerprint density at radius 1 is 0.750 bits per heavy atom. The van der Waals surface area contributed by atoms with E-state index in [9.17, 15) is 0 Å². The van der Waals surface area contributed by atoms with Crippen molar-refractivity contribution in [3.05, 3.63) is 0 Å². The molecule has 0 saturated heterocycles. The Labute approximate surface area is 108 Å². The van der Waals surface area contributed by atoms with Gasteiger partial charge in [0.2, 0.25) is 0 Å². The molecule has 0 aliphatic carbocycles. The Balaban J connectivity index is 3.35. The summed E-state index contributed by atoms with van der Waals surface area (Å²) in [6.45, 7) is 5.54. The molecule has 2 heteroatoms. The molecule has 0 aromatic carbocycles. The molecule has 16 heavy (non-hydrogen) atoms. The zero-order chi connectivity index (χ0) is 12.3. The Bertz CT molecular complexity index is 146. The van der Waals surface area contributed by atoms with Crippen LogP contribution in [0.5, 0.6) is 0 Å². The molecule has 0 aromatic heterocycles. The first-order valence-electron chi connectivity index (χ1n) is 7.26. The molecule has 0 fully saturated rings. The van der Waals surface area contributed by atoms with Gasteiger partial charge in [0, 0.05) is 0 Å². The summed E-state index contributed by atoms with van der Waals surface area (Å²) < 4.78 is 7.53. The number of unbranched alkanes of at least 4 members (excludes halogenated alkanes) is 6. The van der Waals surface area contributed by atoms with Crippen molar-refractivity contribution in [3.8, 4) is 0 Å². The average molecular weight is 335 g/mol. The van der Waals surface area contributed by atoms with Gasteiger partial charge in [-0.1, -0.05) is 0 Å². The van der Waals surface area contributed by atoms with Crippen molar-refractivity contribution in [2.45, 2.75) is 79.5 Å². The van der Waals surface area contributed by atoms with Crippen molar-refractivity contribution < 1.29 is 3.07 Å². The first-order valence-corrected chi connectivity index (χ1v) is 16.2. The third kappa shape index (κ3) is 11.3. The van der Waals surface area contributed by atoms with E-state index in [2.05, 4.69) is 23.7 Å². The van der Waals surface area contributed by atoms with E-state index in [1.165, 1.54) is 55.8 Å². The zero-order valence-electron chi connectivity index (χ0n) is 12.0. The first kappa shape index (κ1) is 16.8.